The van der Waals surface area contributed by atoms with E-state index in [4.69, 9.17) is 4.74 Å². The van der Waals surface area contributed by atoms with Gasteiger partial charge in [0.1, 0.15) is 10.7 Å². The van der Waals surface area contributed by atoms with Gasteiger partial charge >= 0.3 is 6.18 Å². The number of thiazole rings is 1. The third-order valence-electron chi connectivity index (χ3n) is 5.18. The van der Waals surface area contributed by atoms with Crippen LogP contribution in [0.4, 0.5) is 18.2 Å². The number of methoxy groups -OCH3 is 1. The molecular weight excluding hydrogens is 415 g/mol. The predicted octanol–water partition coefficient (Wildman–Crippen LogP) is 1.66. The molecular formula is C20H24F3N5OS. The first-order valence-corrected chi connectivity index (χ1v) is 10.7. The summed E-state index contributed by atoms with van der Waals surface area (Å²) in [5.74, 6) is 0. The fourth-order valence-electron chi connectivity index (χ4n) is 3.75. The van der Waals surface area contributed by atoms with Crippen molar-refractivity contribution in [3.63, 3.8) is 0 Å². The van der Waals surface area contributed by atoms with E-state index in [1.807, 2.05) is 18.3 Å². The van der Waals surface area contributed by atoms with E-state index in [1.54, 1.807) is 13.3 Å². The summed E-state index contributed by atoms with van der Waals surface area (Å²) in [5.41, 5.74) is 1.55. The monoisotopic (exact) mass is 439 g/mol. The maximum atomic E-state index is 12.7. The van der Waals surface area contributed by atoms with Crippen LogP contribution < -0.4 is 21.2 Å². The molecule has 30 heavy (non-hydrogen) atoms. The van der Waals surface area contributed by atoms with Crippen molar-refractivity contribution in [3.8, 4) is 0 Å². The molecule has 0 amide bonds. The van der Waals surface area contributed by atoms with Crippen LogP contribution in [0.25, 0.3) is 11.9 Å². The number of nitrogens with one attached hydrogen (secondary N) is 2. The molecule has 162 valence electrons. The molecule has 4 rings (SSSR count). The Balaban J connectivity index is 1.73. The second-order valence-electron chi connectivity index (χ2n) is 7.36. The van der Waals surface area contributed by atoms with Gasteiger partial charge in [0.05, 0.1) is 16.1 Å². The van der Waals surface area contributed by atoms with Crippen LogP contribution in [0.2, 0.25) is 0 Å². The minimum Gasteiger partial charge on any atom is -0.385 e. The topological polar surface area (TPSA) is 62.3 Å². The molecule has 1 saturated heterocycles. The molecule has 2 aromatic heterocycles. The summed E-state index contributed by atoms with van der Waals surface area (Å²) in [7, 11) is 1.69. The zero-order valence-corrected chi connectivity index (χ0v) is 17.4. The number of hydrogen-bond donors (Lipinski definition) is 2. The summed E-state index contributed by atoms with van der Waals surface area (Å²) in [5, 5.41) is 9.70. The molecule has 1 unspecified atom stereocenters. The summed E-state index contributed by atoms with van der Waals surface area (Å²) >= 11 is 1.28. The minimum absolute atomic E-state index is 0.122. The van der Waals surface area contributed by atoms with Gasteiger partial charge in [-0.05, 0) is 18.6 Å². The quantitative estimate of drug-likeness (QED) is 0.714. The van der Waals surface area contributed by atoms with E-state index in [1.165, 1.54) is 11.3 Å². The van der Waals surface area contributed by atoms with Gasteiger partial charge < -0.3 is 20.3 Å². The van der Waals surface area contributed by atoms with Gasteiger partial charge in [-0.25, -0.2) is 4.98 Å². The molecule has 1 fully saturated rings. The molecule has 0 bridgehead atoms. The fraction of sp³-hybridized carbons (Fsp3) is 0.500. The Morgan fingerprint density at radius 1 is 1.37 bits per heavy atom. The average Bonchev–Trinajstić information content (AvgIpc) is 3.06. The van der Waals surface area contributed by atoms with Crippen LogP contribution in [0, 0.1) is 0 Å². The number of hydrogen-bond acceptors (Lipinski definition) is 7. The van der Waals surface area contributed by atoms with Crippen molar-refractivity contribution in [2.24, 2.45) is 0 Å². The lowest BCUT2D eigenvalue weighted by Gasteiger charge is -2.36. The zero-order valence-electron chi connectivity index (χ0n) is 16.6. The van der Waals surface area contributed by atoms with Gasteiger partial charge in [-0.1, -0.05) is 0 Å². The third kappa shape index (κ3) is 4.76. The van der Waals surface area contributed by atoms with E-state index in [9.17, 15) is 13.2 Å². The SMILES string of the molecule is COCCC1CN(C2=c3ncccc3=CNc3sc(CCC(F)(F)F)nc32)CCN1. The second-order valence-corrected chi connectivity index (χ2v) is 8.44. The molecule has 0 aliphatic carbocycles. The van der Waals surface area contributed by atoms with E-state index in [-0.39, 0.29) is 12.5 Å². The van der Waals surface area contributed by atoms with Crippen LogP contribution in [-0.4, -0.2) is 60.4 Å². The molecule has 4 heterocycles. The minimum atomic E-state index is -4.20. The Morgan fingerprint density at radius 2 is 2.23 bits per heavy atom. The van der Waals surface area contributed by atoms with Gasteiger partial charge in [0, 0.05) is 69.8 Å². The highest BCUT2D eigenvalue weighted by molar-refractivity contribution is 7.16. The first-order valence-electron chi connectivity index (χ1n) is 9.91. The molecule has 0 aromatic carbocycles. The Bertz CT molecular complexity index is 1010. The lowest BCUT2D eigenvalue weighted by atomic mass is 10.1. The van der Waals surface area contributed by atoms with E-state index in [2.05, 4.69) is 25.5 Å². The van der Waals surface area contributed by atoms with Crippen molar-refractivity contribution in [2.45, 2.75) is 31.5 Å². The van der Waals surface area contributed by atoms with Crippen molar-refractivity contribution < 1.29 is 17.9 Å². The standard InChI is InChI=1S/C20H24F3N5OS/c1-29-10-5-14-12-28(9-8-24-14)18-16-13(3-2-7-25-16)11-26-19-17(18)27-15(30-19)4-6-20(21,22)23/h2-3,7,11,14,24,26H,4-6,8-10,12H2,1H3. The summed E-state index contributed by atoms with van der Waals surface area (Å²) in [4.78, 5) is 11.5. The van der Waals surface area contributed by atoms with Crippen LogP contribution in [0.1, 0.15) is 23.5 Å². The van der Waals surface area contributed by atoms with Gasteiger partial charge in [-0.15, -0.1) is 11.3 Å². The maximum Gasteiger partial charge on any atom is 0.389 e. The lowest BCUT2D eigenvalue weighted by molar-refractivity contribution is -0.134. The average molecular weight is 440 g/mol. The molecule has 0 radical (unpaired) electrons. The van der Waals surface area contributed by atoms with Crippen LogP contribution >= 0.6 is 11.3 Å². The molecule has 2 aromatic rings. The summed E-state index contributed by atoms with van der Waals surface area (Å²) in [6, 6.07) is 4.10. The van der Waals surface area contributed by atoms with Crippen LogP contribution in [-0.2, 0) is 11.2 Å². The maximum absolute atomic E-state index is 12.7. The number of nitrogens with zero attached hydrogens (tertiary/aromatic N) is 3. The Morgan fingerprint density at radius 3 is 3.03 bits per heavy atom. The number of alkyl halides is 3. The Labute approximate surface area is 176 Å². The summed E-state index contributed by atoms with van der Waals surface area (Å²) in [6.07, 6.45) is -0.732. The van der Waals surface area contributed by atoms with Crippen molar-refractivity contribution >= 4 is 28.2 Å². The van der Waals surface area contributed by atoms with Crippen LogP contribution in [0.5, 0.6) is 0 Å². The molecule has 6 nitrogen and oxygen atoms in total. The van der Waals surface area contributed by atoms with Crippen molar-refractivity contribution in [2.75, 3.05) is 38.7 Å². The smallest absolute Gasteiger partial charge is 0.385 e. The molecule has 0 saturated carbocycles. The number of rotatable bonds is 6. The molecule has 1 atom stereocenters. The Hall–Kier alpha value is -2.17. The van der Waals surface area contributed by atoms with E-state index in [0.717, 1.165) is 47.3 Å². The number of anilines is 1. The molecule has 10 heteroatoms. The normalized spacial score (nSPS) is 18.9. The number of piperazine rings is 1. The zero-order chi connectivity index (χ0) is 21.1. The van der Waals surface area contributed by atoms with Gasteiger partial charge in [0.15, 0.2) is 0 Å². The molecule has 2 aliphatic heterocycles. The van der Waals surface area contributed by atoms with Gasteiger partial charge in [-0.2, -0.15) is 13.2 Å². The highest BCUT2D eigenvalue weighted by atomic mass is 32.1. The van der Waals surface area contributed by atoms with Gasteiger partial charge in [0.25, 0.3) is 0 Å². The third-order valence-corrected chi connectivity index (χ3v) is 6.23. The number of aromatic nitrogens is 2. The van der Waals surface area contributed by atoms with E-state index in [0.29, 0.717) is 17.3 Å². The van der Waals surface area contributed by atoms with Crippen LogP contribution in [0.15, 0.2) is 18.3 Å². The second kappa shape index (κ2) is 8.91. The van der Waals surface area contributed by atoms with E-state index >= 15 is 0 Å². The highest BCUT2D eigenvalue weighted by Gasteiger charge is 2.30. The van der Waals surface area contributed by atoms with Gasteiger partial charge in [0.2, 0.25) is 0 Å². The van der Waals surface area contributed by atoms with E-state index < -0.39 is 12.6 Å². The fourth-order valence-corrected chi connectivity index (χ4v) is 4.68. The van der Waals surface area contributed by atoms with Crippen LogP contribution in [0.3, 0.4) is 0 Å². The van der Waals surface area contributed by atoms with Crippen molar-refractivity contribution in [1.29, 1.82) is 0 Å². The number of pyridine rings is 1. The molecule has 2 aliphatic rings. The van der Waals surface area contributed by atoms with Crippen molar-refractivity contribution in [1.82, 2.24) is 20.2 Å². The number of halogens is 3. The number of aryl methyl sites for hydroxylation is 1. The van der Waals surface area contributed by atoms with Gasteiger partial charge in [-0.3, -0.25) is 4.98 Å². The number of fused-ring (bicyclic) bond motifs is 2. The van der Waals surface area contributed by atoms with Crippen molar-refractivity contribution in [3.05, 3.63) is 39.6 Å². The highest BCUT2D eigenvalue weighted by Crippen LogP contribution is 2.34. The summed E-state index contributed by atoms with van der Waals surface area (Å²) in [6.45, 7) is 2.99. The predicted molar refractivity (Wildman–Crippen MR) is 110 cm³/mol. The lowest BCUT2D eigenvalue weighted by Crippen LogP contribution is -2.52. The Kier molecular flexibility index (Phi) is 6.26. The first-order chi connectivity index (χ1) is 14.4. The number of ether oxygens (including phenoxy) is 1. The molecule has 2 N–H and O–H groups in total. The largest absolute Gasteiger partial charge is 0.389 e. The first kappa shape index (κ1) is 21.1. The summed E-state index contributed by atoms with van der Waals surface area (Å²) < 4.78 is 43.4. The molecule has 0 spiro atoms.